The molecular formula is C41H37F3N6O6. The molecule has 0 aliphatic carbocycles. The third kappa shape index (κ3) is 7.24. The summed E-state index contributed by atoms with van der Waals surface area (Å²) in [4.78, 5) is 64.9. The number of carbonyl (C=O) groups excluding carboxylic acids is 2. The van der Waals surface area contributed by atoms with E-state index in [4.69, 9.17) is 9.47 Å². The maximum absolute atomic E-state index is 15.9. The number of nitrogens with one attached hydrogen (secondary N) is 1. The number of rotatable bonds is 9. The summed E-state index contributed by atoms with van der Waals surface area (Å²) in [7, 11) is 1.53. The summed E-state index contributed by atoms with van der Waals surface area (Å²) in [5, 5.41) is 3.37. The van der Waals surface area contributed by atoms with E-state index in [0.717, 1.165) is 23.1 Å². The highest BCUT2D eigenvalue weighted by Crippen LogP contribution is 2.32. The Morgan fingerprint density at radius 3 is 2.54 bits per heavy atom. The Hall–Kier alpha value is -6.35. The molecule has 288 valence electrons. The van der Waals surface area contributed by atoms with Gasteiger partial charge in [-0.25, -0.2) is 27.3 Å². The number of carbonyl (C=O) groups is 2. The van der Waals surface area contributed by atoms with E-state index in [0.29, 0.717) is 16.5 Å². The van der Waals surface area contributed by atoms with Gasteiger partial charge in [-0.2, -0.15) is 0 Å². The van der Waals surface area contributed by atoms with Crippen LogP contribution in [0.1, 0.15) is 34.0 Å². The second-order valence-corrected chi connectivity index (χ2v) is 13.8. The second kappa shape index (κ2) is 15.1. The van der Waals surface area contributed by atoms with Crippen LogP contribution in [0.3, 0.4) is 0 Å². The van der Waals surface area contributed by atoms with Crippen molar-refractivity contribution in [1.29, 1.82) is 0 Å². The number of alkyl halides is 2. The number of benzene rings is 3. The van der Waals surface area contributed by atoms with Crippen LogP contribution in [0.5, 0.6) is 5.75 Å². The number of esters is 1. The standard InChI is InChI=1S/C41H37F3N6O6/c1-23-7-10-27(11-8-23)56-39(53)31(47-37(51)35-24(2)18-26(20-30(35)42)49-16-17-55-22-34(49)41(3,43)44)19-25-9-12-32(36-28(25)6-5-14-46-36)50-38(52)29-13-15-45-21-33(29)48(4)40(50)54/h5-15,18,20-21,31,34H,16-17,19,22H2,1-4H3,(H,47,51)/t31?,34-/m1/s1. The summed E-state index contributed by atoms with van der Waals surface area (Å²) in [6, 6.07) is 14.5. The van der Waals surface area contributed by atoms with Gasteiger partial charge in [-0.05, 0) is 67.4 Å². The van der Waals surface area contributed by atoms with E-state index in [1.807, 2.05) is 6.92 Å². The Kier molecular flexibility index (Phi) is 10.2. The van der Waals surface area contributed by atoms with Gasteiger partial charge in [0.25, 0.3) is 17.4 Å². The van der Waals surface area contributed by atoms with Crippen LogP contribution in [0.2, 0.25) is 0 Å². The lowest BCUT2D eigenvalue weighted by Crippen LogP contribution is -2.54. The largest absolute Gasteiger partial charge is 0.425 e. The lowest BCUT2D eigenvalue weighted by molar-refractivity contribution is -0.136. The molecule has 1 aliphatic heterocycles. The summed E-state index contributed by atoms with van der Waals surface area (Å²) >= 11 is 0. The van der Waals surface area contributed by atoms with Crippen LogP contribution >= 0.6 is 0 Å². The molecule has 2 atom stereocenters. The minimum Gasteiger partial charge on any atom is -0.425 e. The van der Waals surface area contributed by atoms with Crippen molar-refractivity contribution in [3.05, 3.63) is 134 Å². The Bertz CT molecular complexity index is 2600. The zero-order valence-corrected chi connectivity index (χ0v) is 30.9. The van der Waals surface area contributed by atoms with E-state index in [9.17, 15) is 28.0 Å². The van der Waals surface area contributed by atoms with Gasteiger partial charge in [-0.15, -0.1) is 0 Å². The lowest BCUT2D eigenvalue weighted by atomic mass is 9.98. The van der Waals surface area contributed by atoms with Gasteiger partial charge < -0.3 is 19.7 Å². The molecule has 0 spiro atoms. The van der Waals surface area contributed by atoms with Crippen molar-refractivity contribution in [2.24, 2.45) is 7.05 Å². The number of morpholine rings is 1. The summed E-state index contributed by atoms with van der Waals surface area (Å²) in [6.45, 7) is 4.12. The molecule has 15 heteroatoms. The zero-order valence-electron chi connectivity index (χ0n) is 30.9. The van der Waals surface area contributed by atoms with Crippen LogP contribution in [0.15, 0.2) is 94.9 Å². The molecule has 1 amide bonds. The highest BCUT2D eigenvalue weighted by Gasteiger charge is 2.41. The van der Waals surface area contributed by atoms with Gasteiger partial charge in [0.2, 0.25) is 0 Å². The van der Waals surface area contributed by atoms with Crippen molar-refractivity contribution in [3.63, 3.8) is 0 Å². The van der Waals surface area contributed by atoms with E-state index in [-0.39, 0.29) is 65.3 Å². The number of amides is 1. The minimum absolute atomic E-state index is 0.0919. The molecule has 1 fully saturated rings. The van der Waals surface area contributed by atoms with E-state index in [1.54, 1.807) is 42.5 Å². The zero-order chi connectivity index (χ0) is 39.9. The number of halogens is 3. The number of hydrogen-bond donors (Lipinski definition) is 1. The molecule has 6 aromatic rings. The number of aromatic nitrogens is 4. The molecule has 3 aromatic carbocycles. The van der Waals surface area contributed by atoms with Crippen LogP contribution in [0, 0.1) is 19.7 Å². The van der Waals surface area contributed by atoms with Gasteiger partial charge in [0.05, 0.1) is 47.1 Å². The molecular weight excluding hydrogens is 729 g/mol. The molecule has 0 saturated carbocycles. The van der Waals surface area contributed by atoms with Crippen LogP contribution < -0.4 is 26.2 Å². The summed E-state index contributed by atoms with van der Waals surface area (Å²) in [5.74, 6) is -5.70. The van der Waals surface area contributed by atoms with Crippen molar-refractivity contribution in [1.82, 2.24) is 24.4 Å². The number of aryl methyl sites for hydroxylation is 3. The minimum atomic E-state index is -3.15. The Morgan fingerprint density at radius 1 is 1.04 bits per heavy atom. The van der Waals surface area contributed by atoms with Crippen molar-refractivity contribution in [2.45, 2.75) is 45.2 Å². The van der Waals surface area contributed by atoms with E-state index in [1.165, 1.54) is 60.2 Å². The maximum Gasteiger partial charge on any atom is 0.335 e. The number of hydrogen-bond acceptors (Lipinski definition) is 9. The molecule has 0 bridgehead atoms. The molecule has 1 saturated heterocycles. The first kappa shape index (κ1) is 37.9. The average Bonchev–Trinajstić information content (AvgIpc) is 3.17. The SMILES string of the molecule is Cc1ccc(OC(=O)C(Cc2ccc(-n3c(=O)c4ccncc4n(C)c3=O)c3ncccc23)NC(=O)c2c(C)cc(N3CCOC[C@@H]3C(C)(F)F)cc2F)cc1. The van der Waals surface area contributed by atoms with E-state index < -0.39 is 46.9 Å². The van der Waals surface area contributed by atoms with Crippen molar-refractivity contribution >= 4 is 39.4 Å². The first-order valence-electron chi connectivity index (χ1n) is 17.8. The molecule has 4 heterocycles. The Morgan fingerprint density at radius 2 is 1.80 bits per heavy atom. The fourth-order valence-electron chi connectivity index (χ4n) is 7.03. The van der Waals surface area contributed by atoms with Crippen molar-refractivity contribution in [2.75, 3.05) is 24.7 Å². The molecule has 56 heavy (non-hydrogen) atoms. The van der Waals surface area contributed by atoms with Gasteiger partial charge in [-0.3, -0.25) is 24.1 Å². The Balaban J connectivity index is 1.26. The van der Waals surface area contributed by atoms with Crippen molar-refractivity contribution in [3.8, 4) is 11.4 Å². The van der Waals surface area contributed by atoms with Crippen LogP contribution in [0.4, 0.5) is 18.9 Å². The third-order valence-electron chi connectivity index (χ3n) is 9.95. The molecule has 12 nitrogen and oxygen atoms in total. The predicted octanol–water partition coefficient (Wildman–Crippen LogP) is 5.20. The van der Waals surface area contributed by atoms with Gasteiger partial charge in [-0.1, -0.05) is 29.8 Å². The summed E-state index contributed by atoms with van der Waals surface area (Å²) < 4.78 is 58.2. The Labute approximate surface area is 318 Å². The smallest absolute Gasteiger partial charge is 0.335 e. The number of pyridine rings is 2. The quantitative estimate of drug-likeness (QED) is 0.156. The molecule has 1 unspecified atom stereocenters. The highest BCUT2D eigenvalue weighted by molar-refractivity contribution is 5.99. The number of anilines is 1. The van der Waals surface area contributed by atoms with Gasteiger partial charge >= 0.3 is 11.7 Å². The fraction of sp³-hybridized carbons (Fsp3) is 0.268. The van der Waals surface area contributed by atoms with Crippen LogP contribution in [0.25, 0.3) is 27.5 Å². The molecule has 7 rings (SSSR count). The average molecular weight is 767 g/mol. The predicted molar refractivity (Wildman–Crippen MR) is 203 cm³/mol. The topological polar surface area (TPSA) is 138 Å². The van der Waals surface area contributed by atoms with E-state index >= 15 is 4.39 Å². The lowest BCUT2D eigenvalue weighted by Gasteiger charge is -2.40. The highest BCUT2D eigenvalue weighted by atomic mass is 19.3. The summed E-state index contributed by atoms with van der Waals surface area (Å²) in [6.07, 6.45) is 4.21. The van der Waals surface area contributed by atoms with E-state index in [2.05, 4.69) is 15.3 Å². The number of nitrogens with zero attached hydrogens (tertiary/aromatic N) is 5. The van der Waals surface area contributed by atoms with Gasteiger partial charge in [0.15, 0.2) is 0 Å². The van der Waals surface area contributed by atoms with Gasteiger partial charge in [0.1, 0.15) is 23.7 Å². The second-order valence-electron chi connectivity index (χ2n) is 13.8. The monoisotopic (exact) mass is 766 g/mol. The fourth-order valence-corrected chi connectivity index (χ4v) is 7.03. The van der Waals surface area contributed by atoms with Crippen molar-refractivity contribution < 1.29 is 32.2 Å². The normalized spacial score (nSPS) is 15.2. The molecule has 0 radical (unpaired) electrons. The molecule has 3 aromatic heterocycles. The number of fused-ring (bicyclic) bond motifs is 2. The first-order valence-corrected chi connectivity index (χ1v) is 17.8. The molecule has 1 aliphatic rings. The van der Waals surface area contributed by atoms with Gasteiger partial charge in [0, 0.05) is 50.4 Å². The van der Waals surface area contributed by atoms with Crippen LogP contribution in [-0.4, -0.2) is 68.7 Å². The number of ether oxygens (including phenoxy) is 2. The maximum atomic E-state index is 15.9. The first-order chi connectivity index (χ1) is 26.7. The molecule has 1 N–H and O–H groups in total. The third-order valence-corrected chi connectivity index (χ3v) is 9.95. The summed E-state index contributed by atoms with van der Waals surface area (Å²) in [5.41, 5.74) is 0.971. The van der Waals surface area contributed by atoms with Crippen LogP contribution in [-0.2, 0) is 23.0 Å².